The second-order valence-corrected chi connectivity index (χ2v) is 5.04. The summed E-state index contributed by atoms with van der Waals surface area (Å²) in [5.74, 6) is 0.977. The predicted octanol–water partition coefficient (Wildman–Crippen LogP) is 3.16. The number of thiol groups is 1. The highest BCUT2D eigenvalue weighted by atomic mass is 79.9. The highest BCUT2D eigenvalue weighted by Crippen LogP contribution is 2.16. The van der Waals surface area contributed by atoms with Crippen LogP contribution in [-0.4, -0.2) is 15.9 Å². The maximum atomic E-state index is 8.99. The van der Waals surface area contributed by atoms with E-state index in [0.717, 1.165) is 28.0 Å². The van der Waals surface area contributed by atoms with Crippen molar-refractivity contribution < 1.29 is 5.11 Å². The van der Waals surface area contributed by atoms with Gasteiger partial charge in [-0.3, -0.25) is 0 Å². The molecule has 0 heterocycles. The molecule has 1 rings (SSSR count). The van der Waals surface area contributed by atoms with E-state index in [1.54, 1.807) is 6.92 Å². The van der Waals surface area contributed by atoms with E-state index in [1.165, 1.54) is 5.56 Å². The zero-order valence-corrected chi connectivity index (χ0v) is 9.98. The van der Waals surface area contributed by atoms with Crippen molar-refractivity contribution in [3.05, 3.63) is 34.3 Å². The van der Waals surface area contributed by atoms with Crippen LogP contribution in [0.2, 0.25) is 0 Å². The van der Waals surface area contributed by atoms with Crippen molar-refractivity contribution >= 4 is 32.3 Å². The van der Waals surface area contributed by atoms with Crippen LogP contribution in [0.3, 0.4) is 0 Å². The Labute approximate surface area is 90.9 Å². The second-order valence-electron chi connectivity index (χ2n) is 2.77. The molecule has 0 aliphatic heterocycles. The molecule has 0 aromatic heterocycles. The van der Waals surface area contributed by atoms with E-state index in [1.807, 2.05) is 18.2 Å². The number of hydrogen-bond acceptors (Lipinski definition) is 0. The first-order valence-electron chi connectivity index (χ1n) is 4.13. The molecule has 0 saturated heterocycles. The fourth-order valence-electron chi connectivity index (χ4n) is 1.04. The first kappa shape index (κ1) is 11.0. The number of hydrogen-bond donors (Lipinski definition) is 2. The highest BCUT2D eigenvalue weighted by molar-refractivity contribution is 9.10. The Kier molecular flexibility index (Phi) is 4.70. The van der Waals surface area contributed by atoms with Crippen LogP contribution in [0.1, 0.15) is 12.5 Å². The normalized spacial score (nSPS) is 12.4. The van der Waals surface area contributed by atoms with Crippen LogP contribution >= 0.6 is 27.3 Å². The number of aryl methyl sites for hydroxylation is 1. The number of rotatable bonds is 3. The summed E-state index contributed by atoms with van der Waals surface area (Å²) in [7, 11) is 0. The van der Waals surface area contributed by atoms with Gasteiger partial charge in [0.2, 0.25) is 0 Å². The van der Waals surface area contributed by atoms with Gasteiger partial charge in [0.25, 0.3) is 0 Å². The minimum atomic E-state index is 0.493. The van der Waals surface area contributed by atoms with Gasteiger partial charge in [-0.15, -0.1) is 0 Å². The van der Waals surface area contributed by atoms with Gasteiger partial charge >= 0.3 is 0 Å². The molecule has 1 N–H and O–H groups in total. The van der Waals surface area contributed by atoms with Crippen molar-refractivity contribution in [1.29, 1.82) is 0 Å². The Bertz CT molecular complexity index is 306. The quantitative estimate of drug-likeness (QED) is 0.632. The van der Waals surface area contributed by atoms with E-state index in [-0.39, 0.29) is 0 Å². The Morgan fingerprint density at radius 1 is 1.46 bits per heavy atom. The van der Waals surface area contributed by atoms with E-state index in [9.17, 15) is 0 Å². The predicted molar refractivity (Wildman–Crippen MR) is 65.0 cm³/mol. The van der Waals surface area contributed by atoms with Crippen LogP contribution in [0.5, 0.6) is 0 Å². The standard InChI is InChI=1S/C10H13BrOS/c1-8(12)13-7-6-9-4-2-3-5-10(9)11/h2-5,12-13H,6-7H2,1H3. The molecule has 72 valence electrons. The van der Waals surface area contributed by atoms with Crippen LogP contribution < -0.4 is 0 Å². The van der Waals surface area contributed by atoms with Gasteiger partial charge in [-0.1, -0.05) is 34.1 Å². The first-order valence-corrected chi connectivity index (χ1v) is 6.01. The van der Waals surface area contributed by atoms with Gasteiger partial charge in [0, 0.05) is 4.47 Å². The first-order chi connectivity index (χ1) is 6.20. The molecule has 3 heteroatoms. The molecule has 0 radical (unpaired) electrons. The summed E-state index contributed by atoms with van der Waals surface area (Å²) in [6.07, 6.45) is 1.00. The van der Waals surface area contributed by atoms with Gasteiger partial charge in [0.05, 0.1) is 5.05 Å². The van der Waals surface area contributed by atoms with Crippen molar-refractivity contribution in [2.75, 3.05) is 5.75 Å². The van der Waals surface area contributed by atoms with Crippen molar-refractivity contribution in [3.63, 3.8) is 0 Å². The molecule has 0 amide bonds. The Balaban J connectivity index is 2.55. The zero-order valence-electron chi connectivity index (χ0n) is 7.50. The third-order valence-electron chi connectivity index (χ3n) is 1.68. The minimum absolute atomic E-state index is 0.493. The van der Waals surface area contributed by atoms with Gasteiger partial charge < -0.3 is 5.11 Å². The average molecular weight is 261 g/mol. The van der Waals surface area contributed by atoms with Gasteiger partial charge in [-0.25, -0.2) is 0 Å². The molecule has 1 aromatic rings. The van der Waals surface area contributed by atoms with E-state index < -0.39 is 0 Å². The van der Waals surface area contributed by atoms with Crippen molar-refractivity contribution in [2.45, 2.75) is 13.3 Å². The molecule has 13 heavy (non-hydrogen) atoms. The van der Waals surface area contributed by atoms with Crippen LogP contribution in [-0.2, 0) is 6.42 Å². The van der Waals surface area contributed by atoms with Crippen LogP contribution in [0.25, 0.3) is 0 Å². The lowest BCUT2D eigenvalue weighted by Gasteiger charge is -2.01. The van der Waals surface area contributed by atoms with Gasteiger partial charge in [0.15, 0.2) is 0 Å². The lowest BCUT2D eigenvalue weighted by Crippen LogP contribution is -1.90. The maximum absolute atomic E-state index is 8.99. The minimum Gasteiger partial charge on any atom is -0.360 e. The van der Waals surface area contributed by atoms with E-state index in [0.29, 0.717) is 5.05 Å². The molecular formula is C10H13BrOS. The second kappa shape index (κ2) is 5.58. The van der Waals surface area contributed by atoms with Gasteiger partial charge in [-0.05, 0) is 30.7 Å². The summed E-state index contributed by atoms with van der Waals surface area (Å²) < 4.78 is 1.15. The average Bonchev–Trinajstić information content (AvgIpc) is 2.08. The summed E-state index contributed by atoms with van der Waals surface area (Å²) in [6.45, 7) is 1.74. The largest absolute Gasteiger partial charge is 0.360 e. The molecule has 1 aromatic carbocycles. The van der Waals surface area contributed by atoms with Gasteiger partial charge in [-0.2, -0.15) is 11.4 Å². The van der Waals surface area contributed by atoms with E-state index in [4.69, 9.17) is 5.11 Å². The highest BCUT2D eigenvalue weighted by Gasteiger charge is 1.95. The van der Waals surface area contributed by atoms with Crippen LogP contribution in [0.15, 0.2) is 28.7 Å². The SMILES string of the molecule is CC(O)=[SH]CCc1ccccc1Br. The van der Waals surface area contributed by atoms with E-state index >= 15 is 0 Å². The Morgan fingerprint density at radius 3 is 2.77 bits per heavy atom. The summed E-state index contributed by atoms with van der Waals surface area (Å²) in [4.78, 5) is 0. The Hall–Kier alpha value is -0.120. The van der Waals surface area contributed by atoms with Gasteiger partial charge in [0.1, 0.15) is 0 Å². The monoisotopic (exact) mass is 260 g/mol. The topological polar surface area (TPSA) is 20.2 Å². The molecule has 0 bridgehead atoms. The number of halogens is 1. The summed E-state index contributed by atoms with van der Waals surface area (Å²) in [5.41, 5.74) is 1.30. The lowest BCUT2D eigenvalue weighted by atomic mass is 10.2. The molecule has 0 spiro atoms. The van der Waals surface area contributed by atoms with E-state index in [2.05, 4.69) is 22.0 Å². The summed E-state index contributed by atoms with van der Waals surface area (Å²) in [6, 6.07) is 8.19. The number of aliphatic hydroxyl groups excluding tert-OH is 1. The summed E-state index contributed by atoms with van der Waals surface area (Å²) in [5, 5.41) is 9.48. The van der Waals surface area contributed by atoms with Crippen LogP contribution in [0.4, 0.5) is 0 Å². The Morgan fingerprint density at radius 2 is 2.15 bits per heavy atom. The van der Waals surface area contributed by atoms with Crippen molar-refractivity contribution in [2.24, 2.45) is 0 Å². The van der Waals surface area contributed by atoms with Crippen molar-refractivity contribution in [3.8, 4) is 0 Å². The zero-order chi connectivity index (χ0) is 9.68. The number of benzene rings is 1. The van der Waals surface area contributed by atoms with Crippen LogP contribution in [0, 0.1) is 0 Å². The smallest absolute Gasteiger partial charge is 0.0663 e. The third kappa shape index (κ3) is 4.07. The molecule has 0 fully saturated rings. The molecule has 0 aliphatic carbocycles. The molecule has 0 unspecified atom stereocenters. The molecule has 0 saturated carbocycles. The van der Waals surface area contributed by atoms with Crippen molar-refractivity contribution in [1.82, 2.24) is 0 Å². The fourth-order valence-corrected chi connectivity index (χ4v) is 2.20. The number of aliphatic hydroxyl groups is 1. The molecule has 1 nitrogen and oxygen atoms in total. The summed E-state index contributed by atoms with van der Waals surface area (Å²) >= 11 is 4.52. The fraction of sp³-hybridized carbons (Fsp3) is 0.300. The third-order valence-corrected chi connectivity index (χ3v) is 3.36. The lowest BCUT2D eigenvalue weighted by molar-refractivity contribution is 0.564. The maximum Gasteiger partial charge on any atom is 0.0663 e. The molecule has 0 aliphatic rings. The molecular weight excluding hydrogens is 248 g/mol. The molecule has 0 atom stereocenters.